The number of carbonyl (C=O) groups is 2. The van der Waals surface area contributed by atoms with E-state index in [0.717, 1.165) is 33.9 Å². The first kappa shape index (κ1) is 30.4. The Labute approximate surface area is 258 Å². The highest BCUT2D eigenvalue weighted by Crippen LogP contribution is 2.39. The number of amides is 1. The number of nitrogens with two attached hydrogens (primary N) is 1. The Balaban J connectivity index is 1.27. The number of carbonyl (C=O) groups excluding carboxylic acids is 2. The van der Waals surface area contributed by atoms with Gasteiger partial charge in [0.15, 0.2) is 5.13 Å². The first-order valence-electron chi connectivity index (χ1n) is 14.2. The number of ether oxygens (including phenoxy) is 2. The number of aromatic nitrogens is 2. The van der Waals surface area contributed by atoms with Crippen LogP contribution < -0.4 is 19.7 Å². The Morgan fingerprint density at radius 2 is 2.09 bits per heavy atom. The number of nitrogen functional groups attached to an aromatic ring is 1. The molecule has 16 heteroatoms. The van der Waals surface area contributed by atoms with Gasteiger partial charge >= 0.3 is 5.97 Å². The van der Waals surface area contributed by atoms with Crippen LogP contribution in [0.15, 0.2) is 30.6 Å². The molecule has 2 aromatic heterocycles. The predicted octanol–water partition coefficient (Wildman–Crippen LogP) is 3.24. The predicted molar refractivity (Wildman–Crippen MR) is 161 cm³/mol. The molecule has 3 aromatic rings. The van der Waals surface area contributed by atoms with E-state index in [-0.39, 0.29) is 49.1 Å². The molecule has 1 saturated carbocycles. The summed E-state index contributed by atoms with van der Waals surface area (Å²) >= 11 is -1.67. The quantitative estimate of drug-likeness (QED) is 0.234. The second kappa shape index (κ2) is 12.0. The Hall–Kier alpha value is -3.63. The number of hydrogen-bond donors (Lipinski definition) is 2. The van der Waals surface area contributed by atoms with Crippen molar-refractivity contribution in [2.75, 3.05) is 48.3 Å². The second-order valence-corrected chi connectivity index (χ2v) is 13.1. The van der Waals surface area contributed by atoms with E-state index in [4.69, 9.17) is 15.2 Å². The van der Waals surface area contributed by atoms with Crippen molar-refractivity contribution in [2.24, 2.45) is 5.92 Å². The number of fused-ring (bicyclic) bond motifs is 1. The zero-order valence-corrected chi connectivity index (χ0v) is 25.5. The minimum absolute atomic E-state index is 0.0688. The van der Waals surface area contributed by atoms with Crippen LogP contribution in [0.5, 0.6) is 5.75 Å². The lowest BCUT2D eigenvalue weighted by molar-refractivity contribution is -0.154. The van der Waals surface area contributed by atoms with Gasteiger partial charge in [-0.2, -0.15) is 0 Å². The molecule has 1 aliphatic carbocycles. The fraction of sp³-hybridized carbons (Fsp3) is 0.500. The van der Waals surface area contributed by atoms with Crippen molar-refractivity contribution in [1.82, 2.24) is 14.9 Å². The highest BCUT2D eigenvalue weighted by molar-refractivity contribution is 7.81. The highest BCUT2D eigenvalue weighted by atomic mass is 32.2. The maximum absolute atomic E-state index is 13.9. The van der Waals surface area contributed by atoms with E-state index in [9.17, 15) is 27.1 Å². The number of esters is 1. The summed E-state index contributed by atoms with van der Waals surface area (Å²) in [7, 11) is 1.50. The highest BCUT2D eigenvalue weighted by Gasteiger charge is 2.45. The molecule has 2 saturated heterocycles. The standard InChI is InChI=1S/C28H32F2N6O6S2/c1-41-22-12-19-17(4-7-32-24(19)31)10-18(22)11-21(26(38)42-14-16-2-3-16)35-8-5-20(25(35)37)36(44(39)40)23-13-33-27(43-23)34-9-6-28(29,30)15-34/h4,7,10,12-13,16,20-21H,2-3,5-6,8-9,11,14-15H2,1H3,(H2,31,32)(H,39,40)/t20-,21+/m0/s1. The number of thiazole rings is 1. The molecule has 44 heavy (non-hydrogen) atoms. The van der Waals surface area contributed by atoms with Gasteiger partial charge in [-0.15, -0.1) is 0 Å². The third kappa shape index (κ3) is 6.15. The number of pyridine rings is 1. The van der Waals surface area contributed by atoms with E-state index < -0.39 is 47.7 Å². The van der Waals surface area contributed by atoms with E-state index in [1.165, 1.54) is 23.1 Å². The number of nitrogens with zero attached hydrogens (tertiary/aromatic N) is 5. The lowest BCUT2D eigenvalue weighted by atomic mass is 10.00. The smallest absolute Gasteiger partial charge is 0.329 e. The molecule has 4 heterocycles. The number of anilines is 3. The molecule has 0 spiro atoms. The average Bonchev–Trinajstić information content (AvgIpc) is 3.38. The number of rotatable bonds is 11. The molecule has 0 bridgehead atoms. The molecular weight excluding hydrogens is 618 g/mol. The molecule has 3 fully saturated rings. The van der Waals surface area contributed by atoms with Gasteiger partial charge in [-0.25, -0.2) is 32.1 Å². The molecule has 1 amide bonds. The summed E-state index contributed by atoms with van der Waals surface area (Å²) in [6, 6.07) is 3.24. The van der Waals surface area contributed by atoms with Gasteiger partial charge in [0.2, 0.25) is 5.91 Å². The molecular formula is C28H32F2N6O6S2. The van der Waals surface area contributed by atoms with Crippen LogP contribution in [0.4, 0.5) is 24.7 Å². The SMILES string of the molecule is COc1cc2c(N)nccc2cc1C[C@H](C(=O)OCC1CC1)N1CC[C@H](N(c2cnc(N3CCC(F)(F)C3)s2)S(=O)O)C1=O. The van der Waals surface area contributed by atoms with Gasteiger partial charge < -0.3 is 25.0 Å². The fourth-order valence-corrected chi connectivity index (χ4v) is 7.50. The van der Waals surface area contributed by atoms with Gasteiger partial charge in [0.05, 0.1) is 26.5 Å². The normalized spacial score (nSPS) is 21.1. The summed E-state index contributed by atoms with van der Waals surface area (Å²) in [4.78, 5) is 38.6. The summed E-state index contributed by atoms with van der Waals surface area (Å²) < 4.78 is 62.7. The molecule has 3 N–H and O–H groups in total. The number of likely N-dealkylation sites (tertiary alicyclic amines) is 1. The van der Waals surface area contributed by atoms with Crippen molar-refractivity contribution in [3.8, 4) is 5.75 Å². The van der Waals surface area contributed by atoms with Crippen LogP contribution in [0.25, 0.3) is 10.8 Å². The van der Waals surface area contributed by atoms with Crippen molar-refractivity contribution in [3.63, 3.8) is 0 Å². The molecule has 3 aliphatic rings. The van der Waals surface area contributed by atoms with Gasteiger partial charge in [-0.3, -0.25) is 9.35 Å². The molecule has 12 nitrogen and oxygen atoms in total. The van der Waals surface area contributed by atoms with Gasteiger partial charge in [0, 0.05) is 37.5 Å². The third-order valence-corrected chi connectivity index (χ3v) is 10.2. The van der Waals surface area contributed by atoms with Gasteiger partial charge in [-0.1, -0.05) is 11.3 Å². The van der Waals surface area contributed by atoms with Crippen LogP contribution in [0.3, 0.4) is 0 Å². The Bertz CT molecular complexity index is 1600. The number of methoxy groups -OCH3 is 1. The van der Waals surface area contributed by atoms with Crippen molar-refractivity contribution in [3.05, 3.63) is 36.2 Å². The first-order chi connectivity index (χ1) is 21.0. The van der Waals surface area contributed by atoms with Crippen LogP contribution in [0.1, 0.15) is 31.2 Å². The number of alkyl halides is 2. The minimum atomic E-state index is -2.84. The lowest BCUT2D eigenvalue weighted by Crippen LogP contribution is -2.49. The zero-order chi connectivity index (χ0) is 31.2. The fourth-order valence-electron chi connectivity index (χ4n) is 5.69. The Morgan fingerprint density at radius 1 is 1.30 bits per heavy atom. The number of halogens is 2. The topological polar surface area (TPSA) is 151 Å². The van der Waals surface area contributed by atoms with E-state index in [1.807, 2.05) is 6.07 Å². The van der Waals surface area contributed by atoms with Gasteiger partial charge in [0.25, 0.3) is 17.2 Å². The maximum atomic E-state index is 13.9. The summed E-state index contributed by atoms with van der Waals surface area (Å²) in [5, 5.41) is 1.92. The summed E-state index contributed by atoms with van der Waals surface area (Å²) in [6.07, 6.45) is 4.73. The molecule has 0 radical (unpaired) electrons. The zero-order valence-electron chi connectivity index (χ0n) is 23.9. The van der Waals surface area contributed by atoms with Crippen molar-refractivity contribution in [2.45, 2.75) is 50.1 Å². The number of benzene rings is 1. The molecule has 236 valence electrons. The van der Waals surface area contributed by atoms with Crippen LogP contribution in [0, 0.1) is 5.92 Å². The van der Waals surface area contributed by atoms with Crippen LogP contribution in [0.2, 0.25) is 0 Å². The summed E-state index contributed by atoms with van der Waals surface area (Å²) in [5.74, 6) is -2.86. The van der Waals surface area contributed by atoms with Crippen molar-refractivity contribution < 1.29 is 36.6 Å². The van der Waals surface area contributed by atoms with Crippen LogP contribution in [-0.4, -0.2) is 86.9 Å². The second-order valence-electron chi connectivity index (χ2n) is 11.3. The van der Waals surface area contributed by atoms with Crippen molar-refractivity contribution >= 4 is 61.2 Å². The van der Waals surface area contributed by atoms with Crippen LogP contribution >= 0.6 is 11.3 Å². The molecule has 1 aromatic carbocycles. The van der Waals surface area contributed by atoms with Crippen LogP contribution in [-0.2, 0) is 32.0 Å². The Morgan fingerprint density at radius 3 is 2.77 bits per heavy atom. The summed E-state index contributed by atoms with van der Waals surface area (Å²) in [6.45, 7) is -0.0183. The Kier molecular flexibility index (Phi) is 8.32. The average molecular weight is 651 g/mol. The maximum Gasteiger partial charge on any atom is 0.329 e. The lowest BCUT2D eigenvalue weighted by Gasteiger charge is -2.29. The van der Waals surface area contributed by atoms with E-state index >= 15 is 0 Å². The largest absolute Gasteiger partial charge is 0.496 e. The molecule has 6 rings (SSSR count). The first-order valence-corrected chi connectivity index (χ1v) is 16.1. The van der Waals surface area contributed by atoms with E-state index in [1.54, 1.807) is 18.3 Å². The monoisotopic (exact) mass is 650 g/mol. The molecule has 1 unspecified atom stereocenters. The molecule has 2 aliphatic heterocycles. The third-order valence-electron chi connectivity index (χ3n) is 8.22. The van der Waals surface area contributed by atoms with Crippen molar-refractivity contribution in [1.29, 1.82) is 0 Å². The van der Waals surface area contributed by atoms with Gasteiger partial charge in [-0.05, 0) is 54.3 Å². The molecule has 3 atom stereocenters. The van der Waals surface area contributed by atoms with Gasteiger partial charge in [0.1, 0.15) is 28.7 Å². The van der Waals surface area contributed by atoms with E-state index in [2.05, 4.69) is 9.97 Å². The summed E-state index contributed by atoms with van der Waals surface area (Å²) in [5.41, 5.74) is 6.70. The minimum Gasteiger partial charge on any atom is -0.496 e. The van der Waals surface area contributed by atoms with E-state index in [0.29, 0.717) is 28.4 Å². The number of hydrogen-bond acceptors (Lipinski definition) is 10.